The zero-order valence-electron chi connectivity index (χ0n) is 13.3. The average molecular weight is 370 g/mol. The first-order valence-electron chi connectivity index (χ1n) is 7.40. The predicted molar refractivity (Wildman–Crippen MR) is 99.5 cm³/mol. The minimum Gasteiger partial charge on any atom is -0.396 e. The van der Waals surface area contributed by atoms with E-state index in [0.29, 0.717) is 21.3 Å². The third-order valence-corrected chi connectivity index (χ3v) is 4.40. The van der Waals surface area contributed by atoms with Crippen molar-refractivity contribution < 1.29 is 4.79 Å². The van der Waals surface area contributed by atoms with Crippen molar-refractivity contribution in [1.82, 2.24) is 4.57 Å². The number of aryl methyl sites for hydroxylation is 1. The summed E-state index contributed by atoms with van der Waals surface area (Å²) in [5.41, 5.74) is 8.64. The number of benzene rings is 2. The van der Waals surface area contributed by atoms with Gasteiger partial charge in [-0.05, 0) is 25.1 Å². The molecule has 0 bridgehead atoms. The van der Waals surface area contributed by atoms with Crippen molar-refractivity contribution in [2.45, 2.75) is 6.92 Å². The molecule has 0 aliphatic carbocycles. The number of nitrogens with two attached hydrogens (primary N) is 1. The standard InChI is InChI=1S/C19H13Cl2N3O/c1-11-2-4-12(5-3-11)19(25)18-17(23)13(9-22)10-24(18)16-7-6-14(20)8-15(16)21/h2-8,10H,23H2,1H3. The fraction of sp³-hybridized carbons (Fsp3) is 0.0526. The summed E-state index contributed by atoms with van der Waals surface area (Å²) in [6.45, 7) is 1.94. The van der Waals surface area contributed by atoms with Crippen LogP contribution in [0.4, 0.5) is 5.69 Å². The Morgan fingerprint density at radius 2 is 1.84 bits per heavy atom. The molecule has 25 heavy (non-hydrogen) atoms. The van der Waals surface area contributed by atoms with E-state index in [1.165, 1.54) is 10.8 Å². The van der Waals surface area contributed by atoms with Gasteiger partial charge in [0.2, 0.25) is 5.78 Å². The van der Waals surface area contributed by atoms with Crippen molar-refractivity contribution in [2.24, 2.45) is 0 Å². The third kappa shape index (κ3) is 3.12. The van der Waals surface area contributed by atoms with Crippen molar-refractivity contribution in [3.05, 3.63) is 81.1 Å². The number of hydrogen-bond acceptors (Lipinski definition) is 3. The number of aromatic nitrogens is 1. The molecule has 0 saturated carbocycles. The lowest BCUT2D eigenvalue weighted by Gasteiger charge is -2.11. The number of nitrogen functional groups attached to an aromatic ring is 1. The molecule has 1 heterocycles. The highest BCUT2D eigenvalue weighted by Gasteiger charge is 2.23. The second-order valence-electron chi connectivity index (χ2n) is 5.58. The molecule has 0 radical (unpaired) electrons. The van der Waals surface area contributed by atoms with Gasteiger partial charge >= 0.3 is 0 Å². The molecule has 3 rings (SSSR count). The lowest BCUT2D eigenvalue weighted by atomic mass is 10.0. The molecule has 4 nitrogen and oxygen atoms in total. The van der Waals surface area contributed by atoms with E-state index >= 15 is 0 Å². The van der Waals surface area contributed by atoms with Gasteiger partial charge in [0.05, 0.1) is 22.0 Å². The maximum atomic E-state index is 13.0. The van der Waals surface area contributed by atoms with Crippen LogP contribution in [0.25, 0.3) is 5.69 Å². The lowest BCUT2D eigenvalue weighted by molar-refractivity contribution is 0.103. The number of anilines is 1. The van der Waals surface area contributed by atoms with Gasteiger partial charge in [0.1, 0.15) is 11.8 Å². The highest BCUT2D eigenvalue weighted by atomic mass is 35.5. The van der Waals surface area contributed by atoms with Crippen molar-refractivity contribution in [3.63, 3.8) is 0 Å². The van der Waals surface area contributed by atoms with Crippen LogP contribution in [0, 0.1) is 18.3 Å². The van der Waals surface area contributed by atoms with Gasteiger partial charge in [-0.2, -0.15) is 5.26 Å². The Hall–Kier alpha value is -2.74. The highest BCUT2D eigenvalue weighted by Crippen LogP contribution is 2.31. The van der Waals surface area contributed by atoms with Crippen LogP contribution in [0.2, 0.25) is 10.0 Å². The molecule has 0 spiro atoms. The molecule has 0 atom stereocenters. The number of rotatable bonds is 3. The maximum Gasteiger partial charge on any atom is 0.211 e. The molecular weight excluding hydrogens is 357 g/mol. The fourth-order valence-electron chi connectivity index (χ4n) is 2.55. The highest BCUT2D eigenvalue weighted by molar-refractivity contribution is 6.35. The van der Waals surface area contributed by atoms with E-state index in [-0.39, 0.29) is 22.7 Å². The number of hydrogen-bond donors (Lipinski definition) is 1. The van der Waals surface area contributed by atoms with E-state index in [9.17, 15) is 10.1 Å². The minimum absolute atomic E-state index is 0.124. The first kappa shape index (κ1) is 17.1. The van der Waals surface area contributed by atoms with Gasteiger partial charge in [0.15, 0.2) is 0 Å². The van der Waals surface area contributed by atoms with Crippen LogP contribution in [0.5, 0.6) is 0 Å². The molecule has 0 aliphatic rings. The zero-order chi connectivity index (χ0) is 18.1. The second-order valence-corrected chi connectivity index (χ2v) is 6.42. The Bertz CT molecular complexity index is 1010. The van der Waals surface area contributed by atoms with Crippen molar-refractivity contribution in [2.75, 3.05) is 5.73 Å². The largest absolute Gasteiger partial charge is 0.396 e. The summed E-state index contributed by atoms with van der Waals surface area (Å²) in [4.78, 5) is 13.0. The zero-order valence-corrected chi connectivity index (χ0v) is 14.8. The quantitative estimate of drug-likeness (QED) is 0.675. The van der Waals surface area contributed by atoms with Crippen LogP contribution in [-0.4, -0.2) is 10.4 Å². The Kier molecular flexibility index (Phi) is 4.54. The molecule has 0 aliphatic heterocycles. The summed E-state index contributed by atoms with van der Waals surface area (Å²) >= 11 is 12.2. The van der Waals surface area contributed by atoms with Crippen molar-refractivity contribution >= 4 is 34.7 Å². The van der Waals surface area contributed by atoms with E-state index in [2.05, 4.69) is 0 Å². The van der Waals surface area contributed by atoms with E-state index in [4.69, 9.17) is 28.9 Å². The first-order valence-corrected chi connectivity index (χ1v) is 8.15. The Labute approximate surface area is 155 Å². The van der Waals surface area contributed by atoms with Crippen LogP contribution in [-0.2, 0) is 0 Å². The van der Waals surface area contributed by atoms with Crippen LogP contribution >= 0.6 is 23.2 Å². The SMILES string of the molecule is Cc1ccc(C(=O)c2c(N)c(C#N)cn2-c2ccc(Cl)cc2Cl)cc1. The molecule has 124 valence electrons. The molecule has 0 amide bonds. The predicted octanol–water partition coefficient (Wildman–Crippen LogP) is 4.78. The van der Waals surface area contributed by atoms with E-state index in [1.807, 2.05) is 25.1 Å². The minimum atomic E-state index is -0.287. The topological polar surface area (TPSA) is 71.8 Å². The molecule has 2 aromatic carbocycles. The van der Waals surface area contributed by atoms with E-state index < -0.39 is 0 Å². The first-order chi connectivity index (χ1) is 11.9. The third-order valence-electron chi connectivity index (χ3n) is 3.86. The van der Waals surface area contributed by atoms with E-state index in [1.54, 1.807) is 30.3 Å². The van der Waals surface area contributed by atoms with Gasteiger partial charge in [-0.25, -0.2) is 0 Å². The number of carbonyl (C=O) groups excluding carboxylic acids is 1. The van der Waals surface area contributed by atoms with Crippen molar-refractivity contribution in [1.29, 1.82) is 5.26 Å². The number of carbonyl (C=O) groups is 1. The summed E-state index contributed by atoms with van der Waals surface area (Å²) in [7, 11) is 0. The lowest BCUT2D eigenvalue weighted by Crippen LogP contribution is -2.11. The monoisotopic (exact) mass is 369 g/mol. The number of nitriles is 1. The molecule has 0 saturated heterocycles. The van der Waals surface area contributed by atoms with Crippen LogP contribution in [0.1, 0.15) is 27.2 Å². The van der Waals surface area contributed by atoms with Gasteiger partial charge < -0.3 is 10.3 Å². The van der Waals surface area contributed by atoms with Gasteiger partial charge in [0.25, 0.3) is 0 Å². The van der Waals surface area contributed by atoms with Crippen LogP contribution < -0.4 is 5.73 Å². The Balaban J connectivity index is 2.22. The van der Waals surface area contributed by atoms with E-state index in [0.717, 1.165) is 5.56 Å². The molecule has 0 unspecified atom stereocenters. The number of halogens is 2. The van der Waals surface area contributed by atoms with Gasteiger partial charge in [0, 0.05) is 16.8 Å². The summed E-state index contributed by atoms with van der Waals surface area (Å²) in [6.07, 6.45) is 1.51. The van der Waals surface area contributed by atoms with Crippen LogP contribution in [0.15, 0.2) is 48.7 Å². The molecule has 3 aromatic rings. The summed E-state index contributed by atoms with van der Waals surface area (Å²) < 4.78 is 1.54. The van der Waals surface area contributed by atoms with Crippen molar-refractivity contribution in [3.8, 4) is 11.8 Å². The average Bonchev–Trinajstić information content (AvgIpc) is 2.91. The number of nitrogens with zero attached hydrogens (tertiary/aromatic N) is 2. The molecular formula is C19H13Cl2N3O. The summed E-state index contributed by atoms with van der Waals surface area (Å²) in [5.74, 6) is -0.287. The Morgan fingerprint density at radius 1 is 1.16 bits per heavy atom. The fourth-order valence-corrected chi connectivity index (χ4v) is 3.05. The van der Waals surface area contributed by atoms with Gasteiger partial charge in [-0.1, -0.05) is 53.0 Å². The normalized spacial score (nSPS) is 10.5. The van der Waals surface area contributed by atoms with Crippen LogP contribution in [0.3, 0.4) is 0 Å². The van der Waals surface area contributed by atoms with Gasteiger partial charge in [-0.3, -0.25) is 4.79 Å². The summed E-state index contributed by atoms with van der Waals surface area (Å²) in [5, 5.41) is 10.1. The van der Waals surface area contributed by atoms with Gasteiger partial charge in [-0.15, -0.1) is 0 Å². The molecule has 0 fully saturated rings. The molecule has 6 heteroatoms. The summed E-state index contributed by atoms with van der Waals surface area (Å²) in [6, 6.07) is 14.1. The maximum absolute atomic E-state index is 13.0. The smallest absolute Gasteiger partial charge is 0.211 e. The number of ketones is 1. The molecule has 2 N–H and O–H groups in total. The molecule has 1 aromatic heterocycles. The second kappa shape index (κ2) is 6.64. The Morgan fingerprint density at radius 3 is 2.44 bits per heavy atom.